The van der Waals surface area contributed by atoms with Crippen LogP contribution in [0.5, 0.6) is 5.75 Å². The number of hydrogen-bond donors (Lipinski definition) is 1. The first-order chi connectivity index (χ1) is 7.77. The summed E-state index contributed by atoms with van der Waals surface area (Å²) in [6.45, 7) is 0.750. The molecular formula is C13H15NO2. The molecule has 1 fully saturated rings. The highest BCUT2D eigenvalue weighted by Crippen LogP contribution is 2.39. The number of hydrogen-bond acceptors (Lipinski definition) is 2. The molecule has 3 heteroatoms. The summed E-state index contributed by atoms with van der Waals surface area (Å²) in [6.07, 6.45) is 3.98. The van der Waals surface area contributed by atoms with Gasteiger partial charge in [0.05, 0.1) is 5.69 Å². The molecule has 0 radical (unpaired) electrons. The molecule has 0 atom stereocenters. The van der Waals surface area contributed by atoms with Gasteiger partial charge >= 0.3 is 0 Å². The van der Waals surface area contributed by atoms with Crippen LogP contribution >= 0.6 is 0 Å². The maximum atomic E-state index is 12.1. The van der Waals surface area contributed by atoms with E-state index in [1.165, 1.54) is 0 Å². The fourth-order valence-electron chi connectivity index (χ4n) is 2.40. The predicted molar refractivity (Wildman–Crippen MR) is 61.5 cm³/mol. The van der Waals surface area contributed by atoms with Crippen molar-refractivity contribution >= 4 is 11.6 Å². The average Bonchev–Trinajstić information content (AvgIpc) is 3.12. The first kappa shape index (κ1) is 9.70. The minimum Gasteiger partial charge on any atom is -0.506 e. The summed E-state index contributed by atoms with van der Waals surface area (Å²) in [5.41, 5.74) is 1.85. The molecule has 1 aliphatic carbocycles. The zero-order chi connectivity index (χ0) is 11.1. The van der Waals surface area contributed by atoms with Crippen LogP contribution in [0.3, 0.4) is 0 Å². The quantitative estimate of drug-likeness (QED) is 0.782. The van der Waals surface area contributed by atoms with Crippen LogP contribution in [0, 0.1) is 5.92 Å². The first-order valence-electron chi connectivity index (χ1n) is 5.89. The molecule has 0 bridgehead atoms. The van der Waals surface area contributed by atoms with E-state index in [2.05, 4.69) is 0 Å². The molecule has 0 unspecified atom stereocenters. The average molecular weight is 217 g/mol. The standard InChI is InChI=1S/C13H15NO2/c15-11-5-1-3-9-4-2-8-14(12(9)11)13(16)10-6-7-10/h1,3,5,10,15H,2,4,6-8H2. The molecule has 3 nitrogen and oxygen atoms in total. The molecule has 1 heterocycles. The molecule has 84 valence electrons. The second kappa shape index (κ2) is 3.51. The van der Waals surface area contributed by atoms with Gasteiger partial charge < -0.3 is 10.0 Å². The third kappa shape index (κ3) is 1.47. The van der Waals surface area contributed by atoms with Crippen LogP contribution in [-0.2, 0) is 11.2 Å². The minimum absolute atomic E-state index is 0.197. The van der Waals surface area contributed by atoms with Crippen LogP contribution in [0.4, 0.5) is 5.69 Å². The van der Waals surface area contributed by atoms with Gasteiger partial charge in [-0.2, -0.15) is 0 Å². The van der Waals surface area contributed by atoms with Crippen molar-refractivity contribution in [3.05, 3.63) is 23.8 Å². The zero-order valence-corrected chi connectivity index (χ0v) is 9.15. The van der Waals surface area contributed by atoms with E-state index in [-0.39, 0.29) is 17.6 Å². The number of rotatable bonds is 1. The Labute approximate surface area is 94.7 Å². The molecule has 1 aliphatic heterocycles. The van der Waals surface area contributed by atoms with E-state index < -0.39 is 0 Å². The number of carbonyl (C=O) groups is 1. The number of para-hydroxylation sites is 1. The molecular weight excluding hydrogens is 202 g/mol. The maximum Gasteiger partial charge on any atom is 0.230 e. The van der Waals surface area contributed by atoms with Crippen LogP contribution < -0.4 is 4.90 Å². The molecule has 1 amide bonds. The molecule has 3 rings (SSSR count). The lowest BCUT2D eigenvalue weighted by Crippen LogP contribution is -2.36. The Balaban J connectivity index is 2.01. The van der Waals surface area contributed by atoms with Crippen LogP contribution in [-0.4, -0.2) is 17.6 Å². The molecule has 0 spiro atoms. The molecule has 1 aromatic carbocycles. The minimum atomic E-state index is 0.197. The van der Waals surface area contributed by atoms with Crippen molar-refractivity contribution in [2.24, 2.45) is 5.92 Å². The lowest BCUT2D eigenvalue weighted by Gasteiger charge is -2.30. The normalized spacial score (nSPS) is 19.4. The van der Waals surface area contributed by atoms with Crippen molar-refractivity contribution in [3.8, 4) is 5.75 Å². The predicted octanol–water partition coefficient (Wildman–Crippen LogP) is 2.08. The Bertz CT molecular complexity index is 438. The summed E-state index contributed by atoms with van der Waals surface area (Å²) in [7, 11) is 0. The summed E-state index contributed by atoms with van der Waals surface area (Å²) < 4.78 is 0. The molecule has 0 aromatic heterocycles. The van der Waals surface area contributed by atoms with Gasteiger partial charge in [0.1, 0.15) is 5.75 Å². The van der Waals surface area contributed by atoms with Gasteiger partial charge in [0.25, 0.3) is 0 Å². The summed E-state index contributed by atoms with van der Waals surface area (Å²) >= 11 is 0. The molecule has 0 saturated heterocycles. The van der Waals surface area contributed by atoms with Crippen molar-refractivity contribution in [3.63, 3.8) is 0 Å². The number of benzene rings is 1. The van der Waals surface area contributed by atoms with E-state index in [4.69, 9.17) is 0 Å². The van der Waals surface area contributed by atoms with Gasteiger partial charge in [0, 0.05) is 12.5 Å². The van der Waals surface area contributed by atoms with E-state index in [9.17, 15) is 9.90 Å². The molecule has 16 heavy (non-hydrogen) atoms. The largest absolute Gasteiger partial charge is 0.506 e. The summed E-state index contributed by atoms with van der Waals surface area (Å²) in [5, 5.41) is 9.88. The van der Waals surface area contributed by atoms with Crippen LogP contribution in [0.25, 0.3) is 0 Å². The van der Waals surface area contributed by atoms with Gasteiger partial charge in [-0.1, -0.05) is 12.1 Å². The van der Waals surface area contributed by atoms with Gasteiger partial charge in [-0.15, -0.1) is 0 Å². The van der Waals surface area contributed by atoms with Crippen LogP contribution in [0.1, 0.15) is 24.8 Å². The fourth-order valence-corrected chi connectivity index (χ4v) is 2.40. The summed E-state index contributed by atoms with van der Waals surface area (Å²) in [5.74, 6) is 0.652. The van der Waals surface area contributed by atoms with Gasteiger partial charge in [0.15, 0.2) is 0 Å². The first-order valence-corrected chi connectivity index (χ1v) is 5.89. The van der Waals surface area contributed by atoms with Crippen LogP contribution in [0.15, 0.2) is 18.2 Å². The van der Waals surface area contributed by atoms with E-state index in [0.29, 0.717) is 0 Å². The molecule has 1 saturated carbocycles. The topological polar surface area (TPSA) is 40.5 Å². The number of carbonyl (C=O) groups excluding carboxylic acids is 1. The van der Waals surface area contributed by atoms with Gasteiger partial charge in [-0.25, -0.2) is 0 Å². The Morgan fingerprint density at radius 2 is 2.19 bits per heavy atom. The third-order valence-corrected chi connectivity index (χ3v) is 3.39. The van der Waals surface area contributed by atoms with E-state index in [0.717, 1.165) is 43.5 Å². The van der Waals surface area contributed by atoms with Crippen molar-refractivity contribution in [2.75, 3.05) is 11.4 Å². The second-order valence-corrected chi connectivity index (χ2v) is 4.65. The Morgan fingerprint density at radius 3 is 2.94 bits per heavy atom. The van der Waals surface area contributed by atoms with Crippen LogP contribution in [0.2, 0.25) is 0 Å². The lowest BCUT2D eigenvalue weighted by atomic mass is 10.0. The van der Waals surface area contributed by atoms with Gasteiger partial charge in [0.2, 0.25) is 5.91 Å². The highest BCUT2D eigenvalue weighted by molar-refractivity contribution is 5.98. The number of phenolic OH excluding ortho intramolecular Hbond substituents is 1. The third-order valence-electron chi connectivity index (χ3n) is 3.39. The number of aromatic hydroxyl groups is 1. The van der Waals surface area contributed by atoms with E-state index in [1.807, 2.05) is 12.1 Å². The van der Waals surface area contributed by atoms with Gasteiger partial charge in [-0.05, 0) is 37.3 Å². The summed E-state index contributed by atoms with van der Waals surface area (Å²) in [4.78, 5) is 13.9. The number of nitrogens with zero attached hydrogens (tertiary/aromatic N) is 1. The number of aryl methyl sites for hydroxylation is 1. The summed E-state index contributed by atoms with van der Waals surface area (Å²) in [6, 6.07) is 5.51. The Hall–Kier alpha value is -1.51. The van der Waals surface area contributed by atoms with E-state index >= 15 is 0 Å². The van der Waals surface area contributed by atoms with Crippen molar-refractivity contribution in [2.45, 2.75) is 25.7 Å². The number of amides is 1. The maximum absolute atomic E-state index is 12.1. The Morgan fingerprint density at radius 1 is 1.38 bits per heavy atom. The SMILES string of the molecule is O=C(C1CC1)N1CCCc2cccc(O)c21. The van der Waals surface area contributed by atoms with Crippen molar-refractivity contribution in [1.29, 1.82) is 0 Å². The smallest absolute Gasteiger partial charge is 0.230 e. The molecule has 1 N–H and O–H groups in total. The molecule has 2 aliphatic rings. The zero-order valence-electron chi connectivity index (χ0n) is 9.15. The lowest BCUT2D eigenvalue weighted by molar-refractivity contribution is -0.119. The monoisotopic (exact) mass is 217 g/mol. The van der Waals surface area contributed by atoms with Crippen molar-refractivity contribution in [1.82, 2.24) is 0 Å². The number of anilines is 1. The number of fused-ring (bicyclic) bond motifs is 1. The fraction of sp³-hybridized carbons (Fsp3) is 0.462. The molecule has 1 aromatic rings. The Kier molecular flexibility index (Phi) is 2.13. The van der Waals surface area contributed by atoms with E-state index in [1.54, 1.807) is 11.0 Å². The number of phenols is 1. The van der Waals surface area contributed by atoms with Gasteiger partial charge in [-0.3, -0.25) is 4.79 Å². The highest BCUT2D eigenvalue weighted by Gasteiger charge is 2.36. The van der Waals surface area contributed by atoms with Crippen molar-refractivity contribution < 1.29 is 9.90 Å². The highest BCUT2D eigenvalue weighted by atomic mass is 16.3. The second-order valence-electron chi connectivity index (χ2n) is 4.65.